The van der Waals surface area contributed by atoms with Crippen LogP contribution in [0, 0.1) is 11.3 Å². The highest BCUT2D eigenvalue weighted by Crippen LogP contribution is 2.41. The van der Waals surface area contributed by atoms with Crippen molar-refractivity contribution in [1.29, 1.82) is 5.26 Å². The Balaban J connectivity index is 1.94. The zero-order valence-corrected chi connectivity index (χ0v) is 17.9. The summed E-state index contributed by atoms with van der Waals surface area (Å²) in [5, 5.41) is 19.6. The lowest BCUT2D eigenvalue weighted by molar-refractivity contribution is -0.149. The molecule has 0 unspecified atom stereocenters. The van der Waals surface area contributed by atoms with Crippen LogP contribution < -0.4 is 4.90 Å². The molecule has 0 amide bonds. The number of carbonyl (C=O) groups is 1. The Morgan fingerprint density at radius 2 is 2.04 bits per heavy atom. The molecule has 0 saturated heterocycles. The monoisotopic (exact) mass is 414 g/mol. The Hall–Kier alpha value is -2.40. The van der Waals surface area contributed by atoms with Gasteiger partial charge in [-0.3, -0.25) is 0 Å². The van der Waals surface area contributed by atoms with Crippen LogP contribution >= 0.6 is 22.7 Å². The number of nitriles is 1. The van der Waals surface area contributed by atoms with Gasteiger partial charge in [0.2, 0.25) is 0 Å². The van der Waals surface area contributed by atoms with E-state index in [1.807, 2.05) is 30.1 Å². The molecule has 1 aromatic carbocycles. The van der Waals surface area contributed by atoms with E-state index in [9.17, 15) is 10.1 Å². The number of aliphatic hydroxyl groups is 1. The van der Waals surface area contributed by atoms with Gasteiger partial charge in [0.05, 0.1) is 11.3 Å². The number of anilines is 1. The standard InChI is InChI=1S/C21H22N2O3S2/c1-21(2,3)26-20(25)13(12-22)9-15-11-18-19(27-15)16-6-5-14(10-17(16)28-18)23(4)7-8-24/h5-6,9-11,24H,7-8H2,1-4H3/b13-9-. The van der Waals surface area contributed by atoms with E-state index in [2.05, 4.69) is 12.1 Å². The first-order valence-corrected chi connectivity index (χ1v) is 10.5. The lowest BCUT2D eigenvalue weighted by Crippen LogP contribution is -2.24. The van der Waals surface area contributed by atoms with Gasteiger partial charge in [-0.2, -0.15) is 5.26 Å². The van der Waals surface area contributed by atoms with Crippen molar-refractivity contribution in [3.8, 4) is 6.07 Å². The summed E-state index contributed by atoms with van der Waals surface area (Å²) in [5.74, 6) is -0.604. The molecule has 0 atom stereocenters. The van der Waals surface area contributed by atoms with Gasteiger partial charge >= 0.3 is 5.97 Å². The third-order valence-electron chi connectivity index (χ3n) is 4.05. The number of esters is 1. The molecule has 1 N–H and O–H groups in total. The molecule has 3 aromatic rings. The van der Waals surface area contributed by atoms with Crippen LogP contribution in [0.1, 0.15) is 25.6 Å². The fourth-order valence-electron chi connectivity index (χ4n) is 2.76. The Bertz CT molecular complexity index is 1100. The van der Waals surface area contributed by atoms with E-state index in [4.69, 9.17) is 9.84 Å². The average Bonchev–Trinajstić information content (AvgIpc) is 3.14. The van der Waals surface area contributed by atoms with Crippen molar-refractivity contribution in [2.75, 3.05) is 25.1 Å². The Kier molecular flexibility index (Phi) is 5.75. The van der Waals surface area contributed by atoms with Crippen molar-refractivity contribution in [3.63, 3.8) is 0 Å². The van der Waals surface area contributed by atoms with Crippen LogP contribution in [0.4, 0.5) is 5.69 Å². The van der Waals surface area contributed by atoms with Crippen LogP contribution in [-0.2, 0) is 9.53 Å². The summed E-state index contributed by atoms with van der Waals surface area (Å²) in [4.78, 5) is 15.1. The van der Waals surface area contributed by atoms with Gasteiger partial charge in [-0.1, -0.05) is 6.07 Å². The minimum Gasteiger partial charge on any atom is -0.456 e. The number of benzene rings is 1. The van der Waals surface area contributed by atoms with Crippen LogP contribution in [0.15, 0.2) is 29.8 Å². The summed E-state index contributed by atoms with van der Waals surface area (Å²) in [6.45, 7) is 6.03. The molecule has 5 nitrogen and oxygen atoms in total. The first-order valence-electron chi connectivity index (χ1n) is 8.85. The predicted molar refractivity (Wildman–Crippen MR) is 117 cm³/mol. The van der Waals surface area contributed by atoms with E-state index in [0.29, 0.717) is 6.54 Å². The highest BCUT2D eigenvalue weighted by Gasteiger charge is 2.20. The lowest BCUT2D eigenvalue weighted by Gasteiger charge is -2.18. The molecule has 0 fully saturated rings. The summed E-state index contributed by atoms with van der Waals surface area (Å²) in [5.41, 5.74) is 0.424. The molecule has 0 aliphatic carbocycles. The van der Waals surface area contributed by atoms with Gasteiger partial charge in [0.25, 0.3) is 0 Å². The largest absolute Gasteiger partial charge is 0.456 e. The molecule has 7 heteroatoms. The number of aliphatic hydroxyl groups excluding tert-OH is 1. The summed E-state index contributed by atoms with van der Waals surface area (Å²) < 4.78 is 8.73. The van der Waals surface area contributed by atoms with Crippen molar-refractivity contribution in [2.45, 2.75) is 26.4 Å². The summed E-state index contributed by atoms with van der Waals surface area (Å²) in [6, 6.07) is 10.2. The molecule has 3 rings (SSSR count). The van der Waals surface area contributed by atoms with Crippen molar-refractivity contribution in [2.24, 2.45) is 0 Å². The van der Waals surface area contributed by atoms with Gasteiger partial charge in [-0.25, -0.2) is 4.79 Å². The molecule has 0 saturated carbocycles. The fraction of sp³-hybridized carbons (Fsp3) is 0.333. The van der Waals surface area contributed by atoms with Crippen molar-refractivity contribution in [3.05, 3.63) is 34.7 Å². The maximum atomic E-state index is 12.2. The second-order valence-electron chi connectivity index (χ2n) is 7.44. The van der Waals surface area contributed by atoms with Crippen LogP contribution in [0.25, 0.3) is 25.6 Å². The first-order chi connectivity index (χ1) is 13.2. The second-order valence-corrected chi connectivity index (χ2v) is 9.61. The van der Waals surface area contributed by atoms with E-state index in [1.165, 1.54) is 4.70 Å². The topological polar surface area (TPSA) is 73.6 Å². The fourth-order valence-corrected chi connectivity index (χ4v) is 5.27. The number of nitrogens with zero attached hydrogens (tertiary/aromatic N) is 2. The molecule has 2 heterocycles. The minimum atomic E-state index is -0.639. The van der Waals surface area contributed by atoms with E-state index in [0.717, 1.165) is 25.4 Å². The van der Waals surface area contributed by atoms with E-state index in [-0.39, 0.29) is 12.2 Å². The number of carbonyl (C=O) groups excluding carboxylic acids is 1. The highest BCUT2D eigenvalue weighted by molar-refractivity contribution is 7.33. The Morgan fingerprint density at radius 3 is 2.68 bits per heavy atom. The molecule has 2 aromatic heterocycles. The summed E-state index contributed by atoms with van der Waals surface area (Å²) >= 11 is 3.24. The van der Waals surface area contributed by atoms with Gasteiger partial charge in [-0.05, 0) is 45.0 Å². The van der Waals surface area contributed by atoms with Crippen molar-refractivity contribution in [1.82, 2.24) is 0 Å². The molecule has 0 spiro atoms. The molecular formula is C21H22N2O3S2. The SMILES string of the molecule is CN(CCO)c1ccc2c(c1)sc1cc(/C=C(/C#N)C(=O)OC(C)(C)C)sc12. The van der Waals surface area contributed by atoms with Gasteiger partial charge in [-0.15, -0.1) is 22.7 Å². The number of ether oxygens (including phenoxy) is 1. The average molecular weight is 415 g/mol. The van der Waals surface area contributed by atoms with Gasteiger partial charge < -0.3 is 14.7 Å². The smallest absolute Gasteiger partial charge is 0.349 e. The molecule has 0 bridgehead atoms. The molecule has 0 aliphatic rings. The number of hydrogen-bond acceptors (Lipinski definition) is 7. The first kappa shape index (κ1) is 20.3. The molecule has 0 radical (unpaired) electrons. The Labute approximate surface area is 172 Å². The van der Waals surface area contributed by atoms with Gasteiger partial charge in [0.15, 0.2) is 0 Å². The quantitative estimate of drug-likeness (QED) is 0.369. The van der Waals surface area contributed by atoms with Crippen LogP contribution in [0.5, 0.6) is 0 Å². The number of thiophene rings is 2. The predicted octanol–water partition coefficient (Wildman–Crippen LogP) is 4.79. The maximum absolute atomic E-state index is 12.2. The molecule has 28 heavy (non-hydrogen) atoms. The zero-order chi connectivity index (χ0) is 20.5. The number of fused-ring (bicyclic) bond motifs is 3. The molecule has 146 valence electrons. The highest BCUT2D eigenvalue weighted by atomic mass is 32.1. The van der Waals surface area contributed by atoms with Crippen LogP contribution in [0.2, 0.25) is 0 Å². The minimum absolute atomic E-state index is 0.000971. The third-order valence-corrected chi connectivity index (χ3v) is 6.39. The number of hydrogen-bond donors (Lipinski definition) is 1. The normalized spacial score (nSPS) is 12.4. The second kappa shape index (κ2) is 7.92. The summed E-state index contributed by atoms with van der Waals surface area (Å²) in [6.07, 6.45) is 1.60. The third kappa shape index (κ3) is 4.36. The Morgan fingerprint density at radius 1 is 1.29 bits per heavy atom. The van der Waals surface area contributed by atoms with Crippen molar-refractivity contribution < 1.29 is 14.6 Å². The lowest BCUT2D eigenvalue weighted by atomic mass is 10.2. The van der Waals surface area contributed by atoms with Crippen LogP contribution in [0.3, 0.4) is 0 Å². The van der Waals surface area contributed by atoms with Crippen molar-refractivity contribution >= 4 is 59.9 Å². The van der Waals surface area contributed by atoms with E-state index >= 15 is 0 Å². The van der Waals surface area contributed by atoms with Gasteiger partial charge in [0.1, 0.15) is 17.2 Å². The van der Waals surface area contributed by atoms with E-state index < -0.39 is 11.6 Å². The summed E-state index contributed by atoms with van der Waals surface area (Å²) in [7, 11) is 1.95. The molecule has 0 aliphatic heterocycles. The van der Waals surface area contributed by atoms with Crippen LogP contribution in [-0.4, -0.2) is 36.9 Å². The zero-order valence-electron chi connectivity index (χ0n) is 16.3. The number of rotatable bonds is 5. The number of likely N-dealkylation sites (N-methyl/N-ethyl adjacent to an activating group) is 1. The van der Waals surface area contributed by atoms with Gasteiger partial charge in [0, 0.05) is 38.9 Å². The molecular weight excluding hydrogens is 392 g/mol. The maximum Gasteiger partial charge on any atom is 0.349 e. The van der Waals surface area contributed by atoms with E-state index in [1.54, 1.807) is 49.5 Å².